The number of Topliss-reactive ketones (excluding diaryl/α,β-unsaturated/α-hetero) is 1. The number of hydrogen-bond donors (Lipinski definition) is 3. The summed E-state index contributed by atoms with van der Waals surface area (Å²) in [4.78, 5) is 38.9. The van der Waals surface area contributed by atoms with E-state index in [1.165, 1.54) is 10.9 Å². The number of rotatable bonds is 7. The second kappa shape index (κ2) is 11.0. The van der Waals surface area contributed by atoms with E-state index < -0.39 is 11.8 Å². The molecule has 1 saturated heterocycles. The van der Waals surface area contributed by atoms with Gasteiger partial charge in [0.1, 0.15) is 6.54 Å². The fraction of sp³-hybridized carbons (Fsp3) is 0.290. The zero-order valence-electron chi connectivity index (χ0n) is 21.4. The summed E-state index contributed by atoms with van der Waals surface area (Å²) in [5.41, 5.74) is 3.14. The Labute approximate surface area is 226 Å². The van der Waals surface area contributed by atoms with Crippen LogP contribution in [0.1, 0.15) is 40.7 Å². The first kappa shape index (κ1) is 26.0. The quantitative estimate of drug-likeness (QED) is 0.145. The van der Waals surface area contributed by atoms with Crippen molar-refractivity contribution in [2.24, 2.45) is 0 Å². The summed E-state index contributed by atoms with van der Waals surface area (Å²) in [7, 11) is 0. The van der Waals surface area contributed by atoms with E-state index in [0.717, 1.165) is 23.9 Å². The van der Waals surface area contributed by atoms with Crippen molar-refractivity contribution in [2.45, 2.75) is 37.3 Å². The number of β-amino-alcohol motifs (C(OH)–C–C–N with tert-alkyl or cyclic N) is 1. The van der Waals surface area contributed by atoms with Crippen LogP contribution in [-0.2, 0) is 21.5 Å². The highest BCUT2D eigenvalue weighted by Crippen LogP contribution is 2.53. The van der Waals surface area contributed by atoms with E-state index in [9.17, 15) is 19.5 Å². The van der Waals surface area contributed by atoms with E-state index in [0.29, 0.717) is 30.6 Å². The van der Waals surface area contributed by atoms with Gasteiger partial charge in [0.15, 0.2) is 0 Å². The van der Waals surface area contributed by atoms with Crippen molar-refractivity contribution in [1.82, 2.24) is 10.6 Å². The van der Waals surface area contributed by atoms with Gasteiger partial charge in [0, 0.05) is 42.7 Å². The van der Waals surface area contributed by atoms with Gasteiger partial charge in [-0.05, 0) is 52.8 Å². The van der Waals surface area contributed by atoms with Gasteiger partial charge in [-0.15, -0.1) is 0 Å². The number of nitrogens with one attached hydrogen (secondary N) is 2. The monoisotopic (exact) mass is 520 g/mol. The molecule has 0 aromatic heterocycles. The maximum atomic E-state index is 13.0. The molecule has 0 radical (unpaired) electrons. The Hall–Kier alpha value is -4.66. The molecule has 0 spiro atoms. The molecule has 0 unspecified atom stereocenters. The van der Waals surface area contributed by atoms with Crippen molar-refractivity contribution < 1.29 is 19.5 Å². The van der Waals surface area contributed by atoms with Crippen molar-refractivity contribution in [3.8, 4) is 17.9 Å². The molecule has 8 heteroatoms. The van der Waals surface area contributed by atoms with Crippen LogP contribution in [0.5, 0.6) is 0 Å². The molecule has 2 fully saturated rings. The van der Waals surface area contributed by atoms with E-state index >= 15 is 0 Å². The Kier molecular flexibility index (Phi) is 7.31. The molecular weight excluding hydrogens is 492 g/mol. The molecule has 3 aromatic rings. The highest BCUT2D eigenvalue weighted by atomic mass is 16.3. The number of benzene rings is 3. The normalized spacial score (nSPS) is 15.3. The summed E-state index contributed by atoms with van der Waals surface area (Å²) in [6, 6.07) is 21.2. The molecule has 1 saturated carbocycles. The van der Waals surface area contributed by atoms with Crippen LogP contribution in [0, 0.1) is 23.2 Å². The number of anilines is 1. The Balaban J connectivity index is 1.31. The standard InChI is InChI=1S/C31H28N4O4/c32-14-15-33-29(38)30(39)34-18-22-7-2-4-9-26(22)28(37)10-5-11-31(12-13-31)27-17-23(35-19-24(36)20-35)16-21-6-1-3-8-25(21)27/h1-4,6-9,16-17,24,36H,11-13,15,18-20H2,(H,33,38)(H,34,39). The van der Waals surface area contributed by atoms with E-state index in [4.69, 9.17) is 5.26 Å². The first-order valence-corrected chi connectivity index (χ1v) is 12.9. The number of nitriles is 1. The molecule has 8 nitrogen and oxygen atoms in total. The summed E-state index contributed by atoms with van der Waals surface area (Å²) in [5.74, 6) is 3.79. The fourth-order valence-corrected chi connectivity index (χ4v) is 4.99. The van der Waals surface area contributed by atoms with Crippen LogP contribution >= 0.6 is 0 Å². The van der Waals surface area contributed by atoms with Gasteiger partial charge in [-0.25, -0.2) is 0 Å². The third-order valence-corrected chi connectivity index (χ3v) is 7.36. The van der Waals surface area contributed by atoms with E-state index in [1.54, 1.807) is 30.3 Å². The maximum absolute atomic E-state index is 13.0. The summed E-state index contributed by atoms with van der Waals surface area (Å²) < 4.78 is 0. The highest BCUT2D eigenvalue weighted by molar-refractivity contribution is 6.35. The average molecular weight is 521 g/mol. The number of aliphatic hydroxyl groups excluding tert-OH is 1. The Morgan fingerprint density at radius 3 is 2.46 bits per heavy atom. The fourth-order valence-electron chi connectivity index (χ4n) is 4.99. The van der Waals surface area contributed by atoms with Gasteiger partial charge in [0.25, 0.3) is 0 Å². The number of hydrogen-bond acceptors (Lipinski definition) is 6. The molecule has 1 aliphatic heterocycles. The maximum Gasteiger partial charge on any atom is 0.310 e. The van der Waals surface area contributed by atoms with Crippen molar-refractivity contribution in [3.63, 3.8) is 0 Å². The number of amides is 2. The molecule has 1 heterocycles. The molecule has 3 N–H and O–H groups in total. The number of nitrogens with zero attached hydrogens (tertiary/aromatic N) is 2. The molecule has 0 bridgehead atoms. The van der Waals surface area contributed by atoms with Crippen molar-refractivity contribution in [1.29, 1.82) is 5.26 Å². The summed E-state index contributed by atoms with van der Waals surface area (Å²) in [6.45, 7) is 0.975. The molecule has 1 aliphatic carbocycles. The van der Waals surface area contributed by atoms with Gasteiger partial charge in [-0.3, -0.25) is 14.4 Å². The minimum absolute atomic E-state index is 0.0175. The SMILES string of the molecule is N#CCNC(=O)C(=O)NCc1ccccc1C(=O)C#CCC1(c2cc(N3CC(O)C3)cc3ccccc23)CC1. The molecule has 2 amide bonds. The molecule has 5 rings (SSSR count). The molecule has 2 aliphatic rings. The van der Waals surface area contributed by atoms with Gasteiger partial charge < -0.3 is 20.6 Å². The van der Waals surface area contributed by atoms with Crippen molar-refractivity contribution in [2.75, 3.05) is 24.5 Å². The predicted molar refractivity (Wildman–Crippen MR) is 147 cm³/mol. The number of aliphatic hydroxyl groups is 1. The summed E-state index contributed by atoms with van der Waals surface area (Å²) in [5, 5.41) is 25.3. The minimum atomic E-state index is -0.906. The van der Waals surface area contributed by atoms with Crippen LogP contribution in [0.2, 0.25) is 0 Å². The van der Waals surface area contributed by atoms with Crippen LogP contribution < -0.4 is 15.5 Å². The Bertz CT molecular complexity index is 1550. The lowest BCUT2D eigenvalue weighted by atomic mass is 9.87. The largest absolute Gasteiger partial charge is 0.389 e. The van der Waals surface area contributed by atoms with Crippen LogP contribution in [0.4, 0.5) is 5.69 Å². The van der Waals surface area contributed by atoms with Crippen molar-refractivity contribution in [3.05, 3.63) is 77.4 Å². The zero-order chi connectivity index (χ0) is 27.4. The van der Waals surface area contributed by atoms with E-state index in [2.05, 4.69) is 51.6 Å². The van der Waals surface area contributed by atoms with Gasteiger partial charge in [-0.1, -0.05) is 54.5 Å². The van der Waals surface area contributed by atoms with Crippen LogP contribution in [-0.4, -0.2) is 48.4 Å². The second-order valence-corrected chi connectivity index (χ2v) is 10.0. The lowest BCUT2D eigenvalue weighted by Crippen LogP contribution is -2.50. The zero-order valence-corrected chi connectivity index (χ0v) is 21.4. The Morgan fingerprint density at radius 1 is 1.00 bits per heavy atom. The van der Waals surface area contributed by atoms with Gasteiger partial charge in [-0.2, -0.15) is 5.26 Å². The van der Waals surface area contributed by atoms with Crippen molar-refractivity contribution >= 4 is 34.1 Å². The molecule has 0 atom stereocenters. The van der Waals surface area contributed by atoms with Gasteiger partial charge in [0.05, 0.1) is 12.2 Å². The van der Waals surface area contributed by atoms with Gasteiger partial charge in [0.2, 0.25) is 5.78 Å². The number of fused-ring (bicyclic) bond motifs is 1. The molecule has 39 heavy (non-hydrogen) atoms. The van der Waals surface area contributed by atoms with Crippen LogP contribution in [0.15, 0.2) is 60.7 Å². The summed E-state index contributed by atoms with van der Waals surface area (Å²) >= 11 is 0. The number of ketones is 1. The molecule has 3 aromatic carbocycles. The van der Waals surface area contributed by atoms with Gasteiger partial charge >= 0.3 is 11.8 Å². The van der Waals surface area contributed by atoms with Crippen LogP contribution in [0.3, 0.4) is 0 Å². The third-order valence-electron chi connectivity index (χ3n) is 7.36. The number of carbonyl (C=O) groups is 3. The number of carbonyl (C=O) groups excluding carboxylic acids is 3. The first-order chi connectivity index (χ1) is 18.9. The highest BCUT2D eigenvalue weighted by Gasteiger charge is 2.45. The molecular formula is C31H28N4O4. The topological polar surface area (TPSA) is 123 Å². The lowest BCUT2D eigenvalue weighted by molar-refractivity contribution is -0.139. The smallest absolute Gasteiger partial charge is 0.310 e. The summed E-state index contributed by atoms with van der Waals surface area (Å²) in [6.07, 6.45) is 2.24. The lowest BCUT2D eigenvalue weighted by Gasteiger charge is -2.38. The van der Waals surface area contributed by atoms with Crippen LogP contribution in [0.25, 0.3) is 10.8 Å². The third kappa shape index (κ3) is 5.62. The van der Waals surface area contributed by atoms with E-state index in [1.807, 2.05) is 12.1 Å². The first-order valence-electron chi connectivity index (χ1n) is 12.9. The second-order valence-electron chi connectivity index (χ2n) is 10.0. The average Bonchev–Trinajstić information content (AvgIpc) is 3.73. The minimum Gasteiger partial charge on any atom is -0.389 e. The van der Waals surface area contributed by atoms with E-state index in [-0.39, 0.29) is 30.4 Å². The Morgan fingerprint density at radius 2 is 1.72 bits per heavy atom. The predicted octanol–water partition coefficient (Wildman–Crippen LogP) is 2.58. The molecule has 196 valence electrons.